The van der Waals surface area contributed by atoms with E-state index < -0.39 is 10.0 Å². The number of H-pyrrole nitrogens is 1. The maximum absolute atomic E-state index is 12.2. The highest BCUT2D eigenvalue weighted by molar-refractivity contribution is 14.1. The summed E-state index contributed by atoms with van der Waals surface area (Å²) in [6, 6.07) is 14.8. The Morgan fingerprint density at radius 2 is 1.77 bits per heavy atom. The summed E-state index contributed by atoms with van der Waals surface area (Å²) in [4.78, 5) is 3.49. The van der Waals surface area contributed by atoms with E-state index in [1.54, 1.807) is 24.3 Å². The first kappa shape index (κ1) is 15.5. The van der Waals surface area contributed by atoms with Gasteiger partial charge in [0.1, 0.15) is 0 Å². The van der Waals surface area contributed by atoms with E-state index in [4.69, 9.17) is 0 Å². The van der Waals surface area contributed by atoms with E-state index in [-0.39, 0.29) is 0 Å². The first-order chi connectivity index (χ1) is 10.6. The third-order valence-electron chi connectivity index (χ3n) is 3.49. The van der Waals surface area contributed by atoms with Crippen molar-refractivity contribution in [3.05, 3.63) is 63.9 Å². The van der Waals surface area contributed by atoms with E-state index >= 15 is 0 Å². The number of sulfonamides is 1. The van der Waals surface area contributed by atoms with Crippen LogP contribution in [-0.2, 0) is 16.4 Å². The highest BCUT2D eigenvalue weighted by Crippen LogP contribution is 2.18. The number of halogens is 1. The Kier molecular flexibility index (Phi) is 4.51. The number of benzene rings is 2. The molecule has 0 spiro atoms. The van der Waals surface area contributed by atoms with Gasteiger partial charge >= 0.3 is 0 Å². The second-order valence-corrected chi connectivity index (χ2v) is 7.97. The average molecular weight is 426 g/mol. The van der Waals surface area contributed by atoms with Gasteiger partial charge in [-0.3, -0.25) is 0 Å². The molecule has 6 heteroatoms. The molecule has 0 aliphatic heterocycles. The average Bonchev–Trinajstić information content (AvgIpc) is 2.91. The molecular formula is C16H15IN2O2S. The Balaban J connectivity index is 1.68. The van der Waals surface area contributed by atoms with Crippen molar-refractivity contribution in [1.29, 1.82) is 0 Å². The van der Waals surface area contributed by atoms with Crippen LogP contribution in [0.25, 0.3) is 10.9 Å². The van der Waals surface area contributed by atoms with Gasteiger partial charge in [0.15, 0.2) is 0 Å². The zero-order valence-corrected chi connectivity index (χ0v) is 14.7. The van der Waals surface area contributed by atoms with Gasteiger partial charge in [-0.05, 0) is 64.9 Å². The minimum atomic E-state index is -3.45. The molecule has 0 aliphatic carbocycles. The molecule has 0 saturated heterocycles. The summed E-state index contributed by atoms with van der Waals surface area (Å²) in [5, 5.41) is 1.14. The largest absolute Gasteiger partial charge is 0.361 e. The van der Waals surface area contributed by atoms with Gasteiger partial charge in [-0.1, -0.05) is 18.2 Å². The van der Waals surface area contributed by atoms with Gasteiger partial charge in [0, 0.05) is 27.2 Å². The molecule has 0 radical (unpaired) electrons. The van der Waals surface area contributed by atoms with Gasteiger partial charge in [0.25, 0.3) is 0 Å². The SMILES string of the molecule is O=S(=O)(NCCc1c[nH]c2ccccc12)c1ccc(I)cc1. The van der Waals surface area contributed by atoms with Gasteiger partial charge in [-0.15, -0.1) is 0 Å². The summed E-state index contributed by atoms with van der Waals surface area (Å²) < 4.78 is 28.1. The highest BCUT2D eigenvalue weighted by Gasteiger charge is 2.13. The van der Waals surface area contributed by atoms with E-state index in [1.165, 1.54) is 0 Å². The van der Waals surface area contributed by atoms with Gasteiger partial charge in [-0.25, -0.2) is 13.1 Å². The molecule has 1 heterocycles. The summed E-state index contributed by atoms with van der Waals surface area (Å²) in [6.45, 7) is 0.371. The van der Waals surface area contributed by atoms with Crippen LogP contribution in [0.15, 0.2) is 59.6 Å². The maximum atomic E-state index is 12.2. The normalized spacial score (nSPS) is 11.9. The van der Waals surface area contributed by atoms with E-state index in [0.717, 1.165) is 20.0 Å². The minimum Gasteiger partial charge on any atom is -0.361 e. The van der Waals surface area contributed by atoms with Gasteiger partial charge < -0.3 is 4.98 Å². The molecule has 0 unspecified atom stereocenters. The number of fused-ring (bicyclic) bond motifs is 1. The second-order valence-electron chi connectivity index (χ2n) is 4.96. The lowest BCUT2D eigenvalue weighted by atomic mass is 10.1. The fourth-order valence-corrected chi connectivity index (χ4v) is 3.75. The predicted molar refractivity (Wildman–Crippen MR) is 96.4 cm³/mol. The highest BCUT2D eigenvalue weighted by atomic mass is 127. The van der Waals surface area contributed by atoms with E-state index in [9.17, 15) is 8.42 Å². The summed E-state index contributed by atoms with van der Waals surface area (Å²) in [7, 11) is -3.45. The summed E-state index contributed by atoms with van der Waals surface area (Å²) in [6.07, 6.45) is 2.58. The van der Waals surface area contributed by atoms with Gasteiger partial charge in [0.2, 0.25) is 10.0 Å². The lowest BCUT2D eigenvalue weighted by Crippen LogP contribution is -2.25. The lowest BCUT2D eigenvalue weighted by molar-refractivity contribution is 0.581. The third kappa shape index (κ3) is 3.34. The van der Waals surface area contributed by atoms with Crippen molar-refractivity contribution in [3.8, 4) is 0 Å². The minimum absolute atomic E-state index is 0.298. The first-order valence-corrected chi connectivity index (χ1v) is 9.43. The molecule has 0 saturated carbocycles. The maximum Gasteiger partial charge on any atom is 0.240 e. The van der Waals surface area contributed by atoms with E-state index in [0.29, 0.717) is 17.9 Å². The molecule has 3 rings (SSSR count). The number of aromatic nitrogens is 1. The van der Waals surface area contributed by atoms with Crippen molar-refractivity contribution in [2.24, 2.45) is 0 Å². The molecule has 2 N–H and O–H groups in total. The molecule has 1 aromatic heterocycles. The van der Waals surface area contributed by atoms with Crippen LogP contribution in [0.2, 0.25) is 0 Å². The van der Waals surface area contributed by atoms with E-state index in [2.05, 4.69) is 32.3 Å². The van der Waals surface area contributed by atoms with Crippen LogP contribution in [0.4, 0.5) is 0 Å². The molecule has 0 fully saturated rings. The molecule has 3 aromatic rings. The molecule has 4 nitrogen and oxygen atoms in total. The van der Waals surface area contributed by atoms with Crippen LogP contribution in [0, 0.1) is 3.57 Å². The fourth-order valence-electron chi connectivity index (χ4n) is 2.36. The molecule has 0 amide bonds. The number of nitrogens with one attached hydrogen (secondary N) is 2. The zero-order chi connectivity index (χ0) is 15.6. The summed E-state index contributed by atoms with van der Waals surface area (Å²) in [5.74, 6) is 0. The molecule has 0 aliphatic rings. The summed E-state index contributed by atoms with van der Waals surface area (Å²) >= 11 is 2.15. The summed E-state index contributed by atoms with van der Waals surface area (Å²) in [5.41, 5.74) is 2.18. The quantitative estimate of drug-likeness (QED) is 0.616. The molecular weight excluding hydrogens is 411 g/mol. The first-order valence-electron chi connectivity index (χ1n) is 6.86. The predicted octanol–water partition coefficient (Wildman–Crippen LogP) is 3.29. The molecule has 114 valence electrons. The van der Waals surface area contributed by atoms with Crippen LogP contribution >= 0.6 is 22.6 Å². The van der Waals surface area contributed by atoms with Crippen molar-refractivity contribution in [3.63, 3.8) is 0 Å². The Hall–Kier alpha value is -1.38. The standard InChI is InChI=1S/C16H15IN2O2S/c17-13-5-7-14(8-6-13)22(20,21)19-10-9-12-11-18-16-4-2-1-3-15(12)16/h1-8,11,18-19H,9-10H2. The van der Waals surface area contributed by atoms with Crippen molar-refractivity contribution in [1.82, 2.24) is 9.71 Å². The molecule has 0 atom stereocenters. The van der Waals surface area contributed by atoms with Crippen LogP contribution in [0.3, 0.4) is 0 Å². The monoisotopic (exact) mass is 426 g/mol. The van der Waals surface area contributed by atoms with Crippen LogP contribution in [0.5, 0.6) is 0 Å². The second kappa shape index (κ2) is 6.39. The molecule has 2 aromatic carbocycles. The van der Waals surface area contributed by atoms with Crippen LogP contribution in [-0.4, -0.2) is 19.9 Å². The Labute approximate surface area is 143 Å². The Morgan fingerprint density at radius 1 is 1.05 bits per heavy atom. The fraction of sp³-hybridized carbons (Fsp3) is 0.125. The Bertz CT molecular complexity index is 886. The number of hydrogen-bond acceptors (Lipinski definition) is 2. The van der Waals surface area contributed by atoms with Crippen molar-refractivity contribution >= 4 is 43.5 Å². The molecule has 22 heavy (non-hydrogen) atoms. The van der Waals surface area contributed by atoms with Gasteiger partial charge in [0.05, 0.1) is 4.90 Å². The van der Waals surface area contributed by atoms with Crippen LogP contribution < -0.4 is 4.72 Å². The van der Waals surface area contributed by atoms with Crippen LogP contribution in [0.1, 0.15) is 5.56 Å². The number of rotatable bonds is 5. The van der Waals surface area contributed by atoms with E-state index in [1.807, 2.05) is 30.5 Å². The topological polar surface area (TPSA) is 62.0 Å². The van der Waals surface area contributed by atoms with Crippen molar-refractivity contribution in [2.75, 3.05) is 6.54 Å². The van der Waals surface area contributed by atoms with Crippen molar-refractivity contribution < 1.29 is 8.42 Å². The smallest absolute Gasteiger partial charge is 0.240 e. The van der Waals surface area contributed by atoms with Crippen molar-refractivity contribution in [2.45, 2.75) is 11.3 Å². The number of para-hydroxylation sites is 1. The van der Waals surface area contributed by atoms with Gasteiger partial charge in [-0.2, -0.15) is 0 Å². The number of aromatic amines is 1. The third-order valence-corrected chi connectivity index (χ3v) is 5.68. The lowest BCUT2D eigenvalue weighted by Gasteiger charge is -2.06. The number of hydrogen-bond donors (Lipinski definition) is 2. The zero-order valence-electron chi connectivity index (χ0n) is 11.7. The Morgan fingerprint density at radius 3 is 2.55 bits per heavy atom. The molecule has 0 bridgehead atoms.